The number of carbonyl (C=O) groups excluding carboxylic acids is 2. The summed E-state index contributed by atoms with van der Waals surface area (Å²) < 4.78 is 15.4. The molecule has 2 aromatic heterocycles. The second-order valence-electron chi connectivity index (χ2n) is 7.05. The van der Waals surface area contributed by atoms with E-state index < -0.39 is 17.8 Å². The van der Waals surface area contributed by atoms with Crippen molar-refractivity contribution in [2.24, 2.45) is 0 Å². The minimum Gasteiger partial charge on any atom is -0.354 e. The van der Waals surface area contributed by atoms with Gasteiger partial charge in [0.15, 0.2) is 0 Å². The van der Waals surface area contributed by atoms with Gasteiger partial charge in [-0.15, -0.1) is 0 Å². The molecule has 1 aliphatic heterocycles. The highest BCUT2D eigenvalue weighted by Crippen LogP contribution is 2.20. The first kappa shape index (κ1) is 20.3. The zero-order valence-corrected chi connectivity index (χ0v) is 16.5. The van der Waals surface area contributed by atoms with Gasteiger partial charge in [0.25, 0.3) is 0 Å². The molecule has 3 amide bonds. The van der Waals surface area contributed by atoms with E-state index in [1.165, 1.54) is 35.5 Å². The van der Waals surface area contributed by atoms with Gasteiger partial charge in [0.1, 0.15) is 30.8 Å². The molecule has 160 valence electrons. The minimum atomic E-state index is -0.611. The van der Waals surface area contributed by atoms with E-state index in [9.17, 15) is 14.0 Å². The SMILES string of the molecule is O=C(Cn1cncn1)Nc1cc(NC(=O)NC2CCN(c3ccccn3)C2)ccc1F. The van der Waals surface area contributed by atoms with Crippen LogP contribution in [0.25, 0.3) is 0 Å². The van der Waals surface area contributed by atoms with Crippen molar-refractivity contribution in [3.05, 3.63) is 61.1 Å². The Morgan fingerprint density at radius 3 is 2.87 bits per heavy atom. The predicted octanol–water partition coefficient (Wildman–Crippen LogP) is 1.85. The van der Waals surface area contributed by atoms with Crippen LogP contribution < -0.4 is 20.9 Å². The summed E-state index contributed by atoms with van der Waals surface area (Å²) in [7, 11) is 0. The molecule has 1 aromatic carbocycles. The van der Waals surface area contributed by atoms with E-state index in [-0.39, 0.29) is 18.3 Å². The average molecular weight is 424 g/mol. The number of aromatic nitrogens is 4. The Labute approximate surface area is 177 Å². The Morgan fingerprint density at radius 1 is 1.19 bits per heavy atom. The van der Waals surface area contributed by atoms with Crippen LogP contribution in [-0.4, -0.2) is 50.8 Å². The zero-order valence-electron chi connectivity index (χ0n) is 16.5. The van der Waals surface area contributed by atoms with Crippen LogP contribution >= 0.6 is 0 Å². The lowest BCUT2D eigenvalue weighted by Gasteiger charge is -2.18. The van der Waals surface area contributed by atoms with Crippen LogP contribution in [0.4, 0.5) is 26.4 Å². The molecule has 31 heavy (non-hydrogen) atoms. The highest BCUT2D eigenvalue weighted by atomic mass is 19.1. The normalized spacial score (nSPS) is 15.5. The molecule has 3 aromatic rings. The summed E-state index contributed by atoms with van der Waals surface area (Å²) in [5.74, 6) is -0.205. The Hall–Kier alpha value is -4.02. The Balaban J connectivity index is 1.31. The summed E-state index contributed by atoms with van der Waals surface area (Å²) in [6, 6.07) is 9.24. The summed E-state index contributed by atoms with van der Waals surface area (Å²) >= 11 is 0. The molecule has 10 nitrogen and oxygen atoms in total. The van der Waals surface area contributed by atoms with Crippen molar-refractivity contribution in [1.82, 2.24) is 25.1 Å². The second-order valence-corrected chi connectivity index (χ2v) is 7.05. The number of urea groups is 1. The number of halogens is 1. The maximum Gasteiger partial charge on any atom is 0.319 e. The number of hydrogen-bond acceptors (Lipinski definition) is 6. The molecule has 1 unspecified atom stereocenters. The minimum absolute atomic E-state index is 0.0369. The van der Waals surface area contributed by atoms with Crippen LogP contribution in [0.3, 0.4) is 0 Å². The molecule has 0 spiro atoms. The fourth-order valence-corrected chi connectivity index (χ4v) is 3.33. The van der Waals surface area contributed by atoms with Crippen molar-refractivity contribution in [2.45, 2.75) is 19.0 Å². The number of carbonyl (C=O) groups is 2. The molecule has 1 atom stereocenters. The van der Waals surface area contributed by atoms with Crippen LogP contribution in [0.15, 0.2) is 55.2 Å². The molecule has 3 N–H and O–H groups in total. The maximum absolute atomic E-state index is 14.1. The lowest BCUT2D eigenvalue weighted by Crippen LogP contribution is -2.39. The molecule has 0 radical (unpaired) electrons. The number of hydrogen-bond donors (Lipinski definition) is 3. The van der Waals surface area contributed by atoms with Crippen molar-refractivity contribution in [3.63, 3.8) is 0 Å². The molecule has 1 fully saturated rings. The first-order valence-electron chi connectivity index (χ1n) is 9.72. The van der Waals surface area contributed by atoms with Gasteiger partial charge in [0.2, 0.25) is 5.91 Å². The van der Waals surface area contributed by atoms with Gasteiger partial charge in [-0.3, -0.25) is 4.79 Å². The van der Waals surface area contributed by atoms with Gasteiger partial charge < -0.3 is 20.9 Å². The fourth-order valence-electron chi connectivity index (χ4n) is 3.33. The van der Waals surface area contributed by atoms with Crippen LogP contribution in [0, 0.1) is 5.82 Å². The summed E-state index contributed by atoms with van der Waals surface area (Å²) in [5.41, 5.74) is 0.319. The molecule has 3 heterocycles. The van der Waals surface area contributed by atoms with Crippen molar-refractivity contribution in [1.29, 1.82) is 0 Å². The first-order chi connectivity index (χ1) is 15.1. The van der Waals surface area contributed by atoms with Crippen molar-refractivity contribution < 1.29 is 14.0 Å². The number of rotatable bonds is 6. The lowest BCUT2D eigenvalue weighted by molar-refractivity contribution is -0.116. The number of nitrogens with one attached hydrogen (secondary N) is 3. The highest BCUT2D eigenvalue weighted by Gasteiger charge is 2.24. The van der Waals surface area contributed by atoms with Crippen LogP contribution in [0.5, 0.6) is 0 Å². The van der Waals surface area contributed by atoms with Gasteiger partial charge in [-0.25, -0.2) is 23.8 Å². The largest absolute Gasteiger partial charge is 0.354 e. The number of nitrogens with zero attached hydrogens (tertiary/aromatic N) is 5. The van der Waals surface area contributed by atoms with Gasteiger partial charge in [-0.1, -0.05) is 6.07 Å². The van der Waals surface area contributed by atoms with Crippen LogP contribution in [0.2, 0.25) is 0 Å². The maximum atomic E-state index is 14.1. The summed E-state index contributed by atoms with van der Waals surface area (Å²) in [6.45, 7) is 1.34. The number of amides is 3. The Morgan fingerprint density at radius 2 is 2.10 bits per heavy atom. The fraction of sp³-hybridized carbons (Fsp3) is 0.250. The average Bonchev–Trinajstić information content (AvgIpc) is 3.43. The summed E-state index contributed by atoms with van der Waals surface area (Å²) in [4.78, 5) is 34.6. The molecule has 11 heteroatoms. The van der Waals surface area contributed by atoms with E-state index in [0.717, 1.165) is 18.8 Å². The number of benzene rings is 1. The monoisotopic (exact) mass is 424 g/mol. The van der Waals surface area contributed by atoms with E-state index >= 15 is 0 Å². The lowest BCUT2D eigenvalue weighted by atomic mass is 10.2. The van der Waals surface area contributed by atoms with Gasteiger partial charge >= 0.3 is 6.03 Å². The topological polar surface area (TPSA) is 117 Å². The second kappa shape index (κ2) is 9.20. The molecular formula is C20H21FN8O2. The molecule has 0 aliphatic carbocycles. The van der Waals surface area contributed by atoms with Crippen LogP contribution in [-0.2, 0) is 11.3 Å². The van der Waals surface area contributed by atoms with E-state index in [4.69, 9.17) is 0 Å². The molecule has 1 aliphatic rings. The van der Waals surface area contributed by atoms with Gasteiger partial charge in [-0.2, -0.15) is 5.10 Å². The van der Waals surface area contributed by atoms with Crippen molar-refractivity contribution in [3.8, 4) is 0 Å². The molecule has 0 bridgehead atoms. The number of pyridine rings is 1. The third kappa shape index (κ3) is 5.32. The molecule has 0 saturated carbocycles. The first-order valence-corrected chi connectivity index (χ1v) is 9.72. The van der Waals surface area contributed by atoms with Gasteiger partial charge in [0.05, 0.1) is 5.69 Å². The quantitative estimate of drug-likeness (QED) is 0.556. The van der Waals surface area contributed by atoms with E-state index in [1.807, 2.05) is 18.2 Å². The van der Waals surface area contributed by atoms with E-state index in [1.54, 1.807) is 6.20 Å². The summed E-state index contributed by atoms with van der Waals surface area (Å²) in [6.07, 6.45) is 5.21. The van der Waals surface area contributed by atoms with Gasteiger partial charge in [-0.05, 0) is 36.8 Å². The van der Waals surface area contributed by atoms with E-state index in [2.05, 4.69) is 35.9 Å². The third-order valence-corrected chi connectivity index (χ3v) is 4.77. The molecular weight excluding hydrogens is 403 g/mol. The molecule has 1 saturated heterocycles. The third-order valence-electron chi connectivity index (χ3n) is 4.77. The molecule has 4 rings (SSSR count). The van der Waals surface area contributed by atoms with Crippen LogP contribution in [0.1, 0.15) is 6.42 Å². The zero-order chi connectivity index (χ0) is 21.6. The van der Waals surface area contributed by atoms with E-state index in [0.29, 0.717) is 12.2 Å². The Kier molecular flexibility index (Phi) is 6.01. The Bertz CT molecular complexity index is 1040. The van der Waals surface area contributed by atoms with Crippen molar-refractivity contribution >= 4 is 29.1 Å². The highest BCUT2D eigenvalue weighted by molar-refractivity contribution is 5.93. The predicted molar refractivity (Wildman–Crippen MR) is 112 cm³/mol. The number of anilines is 3. The van der Waals surface area contributed by atoms with Gasteiger partial charge in [0, 0.05) is 31.0 Å². The van der Waals surface area contributed by atoms with Crippen molar-refractivity contribution in [2.75, 3.05) is 28.6 Å². The smallest absolute Gasteiger partial charge is 0.319 e. The summed E-state index contributed by atoms with van der Waals surface area (Å²) in [5, 5.41) is 11.9. The standard InChI is InChI=1S/C20H21FN8O2/c21-16-5-4-14(9-17(16)27-19(30)11-29-13-22-12-24-29)25-20(31)26-15-6-8-28(10-15)18-3-1-2-7-23-18/h1-5,7,9,12-13,15H,6,8,10-11H2,(H,27,30)(H2,25,26,31).